The molecule has 0 saturated carbocycles. The van der Waals surface area contributed by atoms with Crippen LogP contribution in [0.25, 0.3) is 0 Å². The van der Waals surface area contributed by atoms with Crippen molar-refractivity contribution >= 4 is 0 Å². The van der Waals surface area contributed by atoms with Crippen molar-refractivity contribution in [1.82, 2.24) is 4.98 Å². The Kier molecular flexibility index (Phi) is 2.67. The van der Waals surface area contributed by atoms with Gasteiger partial charge in [-0.05, 0) is 12.1 Å². The minimum absolute atomic E-state index is 0.340. The summed E-state index contributed by atoms with van der Waals surface area (Å²) in [6.45, 7) is 1.07. The SMILES string of the molecule is N#Cc1cccc(C2(O)CCOCC2)n1. The van der Waals surface area contributed by atoms with Crippen molar-refractivity contribution in [3.05, 3.63) is 29.6 Å². The lowest BCUT2D eigenvalue weighted by Crippen LogP contribution is -2.34. The Hall–Kier alpha value is -1.44. The molecule has 78 valence electrons. The molecule has 4 heteroatoms. The summed E-state index contributed by atoms with van der Waals surface area (Å²) in [6, 6.07) is 7.10. The van der Waals surface area contributed by atoms with Crippen LogP contribution in [0.4, 0.5) is 0 Å². The monoisotopic (exact) mass is 204 g/mol. The van der Waals surface area contributed by atoms with Crippen molar-refractivity contribution < 1.29 is 9.84 Å². The molecule has 2 rings (SSSR count). The van der Waals surface area contributed by atoms with Crippen molar-refractivity contribution in [1.29, 1.82) is 5.26 Å². The fourth-order valence-electron chi connectivity index (χ4n) is 1.72. The number of ether oxygens (including phenoxy) is 1. The highest BCUT2D eigenvalue weighted by atomic mass is 16.5. The maximum atomic E-state index is 10.3. The molecule has 0 unspecified atom stereocenters. The molecule has 1 aromatic heterocycles. The summed E-state index contributed by atoms with van der Waals surface area (Å²) in [5, 5.41) is 19.0. The van der Waals surface area contributed by atoms with Crippen LogP contribution in [0.3, 0.4) is 0 Å². The second-order valence-corrected chi connectivity index (χ2v) is 3.66. The first kappa shape index (κ1) is 10.1. The van der Waals surface area contributed by atoms with Crippen LogP contribution in [0.2, 0.25) is 0 Å². The van der Waals surface area contributed by atoms with E-state index in [2.05, 4.69) is 4.98 Å². The summed E-state index contributed by atoms with van der Waals surface area (Å²) in [6.07, 6.45) is 1.07. The summed E-state index contributed by atoms with van der Waals surface area (Å²) in [5.74, 6) is 0. The first-order valence-electron chi connectivity index (χ1n) is 4.92. The molecule has 1 saturated heterocycles. The zero-order valence-electron chi connectivity index (χ0n) is 8.31. The molecule has 1 aromatic rings. The molecule has 0 bridgehead atoms. The van der Waals surface area contributed by atoms with E-state index < -0.39 is 5.60 Å². The number of rotatable bonds is 1. The molecule has 2 heterocycles. The van der Waals surface area contributed by atoms with E-state index in [-0.39, 0.29) is 0 Å². The van der Waals surface area contributed by atoms with E-state index in [1.54, 1.807) is 18.2 Å². The van der Waals surface area contributed by atoms with Gasteiger partial charge in [0.1, 0.15) is 17.4 Å². The van der Waals surface area contributed by atoms with Crippen LogP contribution in [0.5, 0.6) is 0 Å². The molecule has 1 aliphatic rings. The van der Waals surface area contributed by atoms with Crippen LogP contribution < -0.4 is 0 Å². The lowest BCUT2D eigenvalue weighted by atomic mass is 9.90. The standard InChI is InChI=1S/C11H12N2O2/c12-8-9-2-1-3-10(13-9)11(14)4-6-15-7-5-11/h1-3,14H,4-7H2. The fourth-order valence-corrected chi connectivity index (χ4v) is 1.72. The molecule has 4 nitrogen and oxygen atoms in total. The molecule has 1 fully saturated rings. The van der Waals surface area contributed by atoms with Crippen LogP contribution in [-0.4, -0.2) is 23.3 Å². The van der Waals surface area contributed by atoms with Crippen molar-refractivity contribution in [2.75, 3.05) is 13.2 Å². The lowest BCUT2D eigenvalue weighted by molar-refractivity contribution is -0.0705. The normalized spacial score (nSPS) is 19.5. The minimum Gasteiger partial charge on any atom is -0.383 e. The Morgan fingerprint density at radius 3 is 2.80 bits per heavy atom. The molecule has 0 aliphatic carbocycles. The van der Waals surface area contributed by atoms with Gasteiger partial charge < -0.3 is 9.84 Å². The number of pyridine rings is 1. The molecule has 1 aliphatic heterocycles. The predicted octanol–water partition coefficient (Wildman–Crippen LogP) is 0.951. The topological polar surface area (TPSA) is 66.1 Å². The summed E-state index contributed by atoms with van der Waals surface area (Å²) in [5.41, 5.74) is -0.0114. The third-order valence-electron chi connectivity index (χ3n) is 2.66. The molecular weight excluding hydrogens is 192 g/mol. The Bertz CT molecular complexity index is 392. The maximum Gasteiger partial charge on any atom is 0.140 e. The van der Waals surface area contributed by atoms with Gasteiger partial charge in [-0.25, -0.2) is 4.98 Å². The average Bonchev–Trinajstić information content (AvgIpc) is 2.30. The largest absolute Gasteiger partial charge is 0.383 e. The third-order valence-corrected chi connectivity index (χ3v) is 2.66. The first-order valence-corrected chi connectivity index (χ1v) is 4.92. The highest BCUT2D eigenvalue weighted by Crippen LogP contribution is 2.30. The van der Waals surface area contributed by atoms with Crippen LogP contribution in [0.1, 0.15) is 24.2 Å². The molecule has 1 N–H and O–H groups in total. The van der Waals surface area contributed by atoms with Crippen LogP contribution in [0, 0.1) is 11.3 Å². The number of aromatic nitrogens is 1. The third kappa shape index (κ3) is 1.99. The van der Waals surface area contributed by atoms with Crippen molar-refractivity contribution in [3.63, 3.8) is 0 Å². The van der Waals surface area contributed by atoms with Gasteiger partial charge in [0.05, 0.1) is 5.69 Å². The Morgan fingerprint density at radius 1 is 1.40 bits per heavy atom. The maximum absolute atomic E-state index is 10.3. The number of nitrogens with zero attached hydrogens (tertiary/aromatic N) is 2. The summed E-state index contributed by atoms with van der Waals surface area (Å²) >= 11 is 0. The van der Waals surface area contributed by atoms with Crippen molar-refractivity contribution in [3.8, 4) is 6.07 Å². The molecule has 0 radical (unpaired) electrons. The Morgan fingerprint density at radius 2 is 2.13 bits per heavy atom. The van der Waals surface area contributed by atoms with Gasteiger partial charge in [-0.15, -0.1) is 0 Å². The van der Waals surface area contributed by atoms with E-state index in [0.717, 1.165) is 0 Å². The van der Waals surface area contributed by atoms with Gasteiger partial charge in [0, 0.05) is 26.1 Å². The van der Waals surface area contributed by atoms with E-state index in [4.69, 9.17) is 10.00 Å². The second-order valence-electron chi connectivity index (χ2n) is 3.66. The minimum atomic E-state index is -0.925. The Balaban J connectivity index is 2.31. The Labute approximate surface area is 88.1 Å². The van der Waals surface area contributed by atoms with Crippen molar-refractivity contribution in [2.45, 2.75) is 18.4 Å². The number of aliphatic hydroxyl groups is 1. The average molecular weight is 204 g/mol. The predicted molar refractivity (Wildman–Crippen MR) is 52.9 cm³/mol. The van der Waals surface area contributed by atoms with E-state index in [1.165, 1.54) is 0 Å². The van der Waals surface area contributed by atoms with E-state index in [0.29, 0.717) is 37.4 Å². The molecule has 0 atom stereocenters. The van der Waals surface area contributed by atoms with Gasteiger partial charge >= 0.3 is 0 Å². The smallest absolute Gasteiger partial charge is 0.140 e. The van der Waals surface area contributed by atoms with Gasteiger partial charge in [-0.2, -0.15) is 5.26 Å². The van der Waals surface area contributed by atoms with Crippen LogP contribution in [-0.2, 0) is 10.3 Å². The van der Waals surface area contributed by atoms with Gasteiger partial charge in [0.15, 0.2) is 0 Å². The quantitative estimate of drug-likeness (QED) is 0.739. The summed E-state index contributed by atoms with van der Waals surface area (Å²) in [4.78, 5) is 4.12. The van der Waals surface area contributed by atoms with Gasteiger partial charge in [0.2, 0.25) is 0 Å². The van der Waals surface area contributed by atoms with Gasteiger partial charge in [0.25, 0.3) is 0 Å². The van der Waals surface area contributed by atoms with E-state index >= 15 is 0 Å². The number of hydrogen-bond acceptors (Lipinski definition) is 4. The van der Waals surface area contributed by atoms with Crippen LogP contribution in [0.15, 0.2) is 18.2 Å². The number of hydrogen-bond donors (Lipinski definition) is 1. The van der Waals surface area contributed by atoms with E-state index in [1.807, 2.05) is 6.07 Å². The van der Waals surface area contributed by atoms with E-state index in [9.17, 15) is 5.11 Å². The molecular formula is C11H12N2O2. The van der Waals surface area contributed by atoms with Gasteiger partial charge in [-0.3, -0.25) is 0 Å². The van der Waals surface area contributed by atoms with Gasteiger partial charge in [-0.1, -0.05) is 6.07 Å². The first-order chi connectivity index (χ1) is 7.24. The lowest BCUT2D eigenvalue weighted by Gasteiger charge is -2.31. The molecule has 0 amide bonds. The van der Waals surface area contributed by atoms with Crippen molar-refractivity contribution in [2.24, 2.45) is 0 Å². The second kappa shape index (κ2) is 3.97. The molecule has 0 aromatic carbocycles. The zero-order valence-corrected chi connectivity index (χ0v) is 8.31. The van der Waals surface area contributed by atoms with Crippen LogP contribution >= 0.6 is 0 Å². The number of nitriles is 1. The highest BCUT2D eigenvalue weighted by Gasteiger charge is 2.33. The fraction of sp³-hybridized carbons (Fsp3) is 0.455. The molecule has 15 heavy (non-hydrogen) atoms. The highest BCUT2D eigenvalue weighted by molar-refractivity contribution is 5.25. The zero-order chi connectivity index (χ0) is 10.7. The molecule has 0 spiro atoms. The summed E-state index contributed by atoms with van der Waals surface area (Å²) < 4.78 is 5.19. The summed E-state index contributed by atoms with van der Waals surface area (Å²) in [7, 11) is 0.